The predicted octanol–water partition coefficient (Wildman–Crippen LogP) is 3.37. The molecule has 0 atom stereocenters. The summed E-state index contributed by atoms with van der Waals surface area (Å²) in [5, 5.41) is 0. The van der Waals surface area contributed by atoms with Crippen LogP contribution in [0.4, 0.5) is 5.95 Å². The van der Waals surface area contributed by atoms with E-state index < -0.39 is 0 Å². The maximum absolute atomic E-state index is 6.01. The summed E-state index contributed by atoms with van der Waals surface area (Å²) >= 11 is 0. The highest BCUT2D eigenvalue weighted by molar-refractivity contribution is 5.58. The second-order valence-corrected chi connectivity index (χ2v) is 7.02. The highest BCUT2D eigenvalue weighted by Gasteiger charge is 2.25. The van der Waals surface area contributed by atoms with Gasteiger partial charge in [-0.3, -0.25) is 0 Å². The molecule has 4 rings (SSSR count). The van der Waals surface area contributed by atoms with Gasteiger partial charge in [0, 0.05) is 18.0 Å². The topological polar surface area (TPSA) is 73.3 Å². The zero-order valence-electron chi connectivity index (χ0n) is 16.1. The van der Waals surface area contributed by atoms with Gasteiger partial charge < -0.3 is 14.4 Å². The molecule has 0 unspecified atom stereocenters. The normalized spacial score (nSPS) is 13.6. The Balaban J connectivity index is 1.74. The number of rotatable bonds is 5. The highest BCUT2D eigenvalue weighted by atomic mass is 16.5. The van der Waals surface area contributed by atoms with Crippen LogP contribution >= 0.6 is 0 Å². The number of fused-ring (bicyclic) bond motifs is 1. The molecule has 0 spiro atoms. The van der Waals surface area contributed by atoms with E-state index in [1.165, 1.54) is 0 Å². The summed E-state index contributed by atoms with van der Waals surface area (Å²) in [6.07, 6.45) is 3.48. The minimum Gasteiger partial charge on any atom is -0.485 e. The number of anilines is 1. The molecule has 3 heterocycles. The van der Waals surface area contributed by atoms with Crippen LogP contribution in [-0.4, -0.2) is 39.7 Å². The van der Waals surface area contributed by atoms with Gasteiger partial charge in [0.1, 0.15) is 12.3 Å². The van der Waals surface area contributed by atoms with Crippen LogP contribution in [0.2, 0.25) is 0 Å². The molecule has 7 heteroatoms. The van der Waals surface area contributed by atoms with Gasteiger partial charge in [0.05, 0.1) is 19.7 Å². The van der Waals surface area contributed by atoms with E-state index in [-0.39, 0.29) is 0 Å². The molecular formula is C21H23N5O2. The lowest BCUT2D eigenvalue weighted by Gasteiger charge is -2.19. The van der Waals surface area contributed by atoms with E-state index in [0.717, 1.165) is 11.3 Å². The smallest absolute Gasteiger partial charge is 0.261 e. The molecule has 0 amide bonds. The van der Waals surface area contributed by atoms with Crippen LogP contribution in [0.25, 0.3) is 11.4 Å². The summed E-state index contributed by atoms with van der Waals surface area (Å²) in [4.78, 5) is 20.2. The largest absolute Gasteiger partial charge is 0.485 e. The predicted molar refractivity (Wildman–Crippen MR) is 106 cm³/mol. The van der Waals surface area contributed by atoms with Crippen LogP contribution in [0.3, 0.4) is 0 Å². The second kappa shape index (κ2) is 8.21. The molecule has 28 heavy (non-hydrogen) atoms. The lowest BCUT2D eigenvalue weighted by atomic mass is 10.2. The molecule has 0 radical (unpaired) electrons. The van der Waals surface area contributed by atoms with Crippen LogP contribution < -0.4 is 14.4 Å². The maximum atomic E-state index is 6.01. The van der Waals surface area contributed by atoms with Crippen molar-refractivity contribution in [1.29, 1.82) is 0 Å². The summed E-state index contributed by atoms with van der Waals surface area (Å²) in [7, 11) is 0. The summed E-state index contributed by atoms with van der Waals surface area (Å²) in [6, 6.07) is 11.7. The molecule has 0 bridgehead atoms. The zero-order valence-corrected chi connectivity index (χ0v) is 16.1. The van der Waals surface area contributed by atoms with Crippen molar-refractivity contribution in [3.05, 3.63) is 54.5 Å². The standard InChI is InChI=1S/C21H23N5O2/c1-15(2)14-28-20-18-17(24-19(25-20)16-7-4-3-5-8-16)13-26(11-12-27-18)21-22-9-6-10-23-21/h3-10,15H,11-14H2,1-2H3. The molecule has 0 saturated heterocycles. The molecule has 7 nitrogen and oxygen atoms in total. The molecule has 2 aromatic heterocycles. The van der Waals surface area contributed by atoms with Crippen molar-refractivity contribution in [2.24, 2.45) is 5.92 Å². The lowest BCUT2D eigenvalue weighted by molar-refractivity contribution is 0.237. The van der Waals surface area contributed by atoms with Crippen LogP contribution in [0.15, 0.2) is 48.8 Å². The van der Waals surface area contributed by atoms with E-state index in [0.29, 0.717) is 55.6 Å². The number of ether oxygens (including phenoxy) is 2. The van der Waals surface area contributed by atoms with Gasteiger partial charge in [-0.1, -0.05) is 44.2 Å². The number of nitrogens with zero attached hydrogens (tertiary/aromatic N) is 5. The first-order chi connectivity index (χ1) is 13.7. The molecule has 0 aliphatic carbocycles. The Labute approximate surface area is 164 Å². The Morgan fingerprint density at radius 3 is 2.61 bits per heavy atom. The van der Waals surface area contributed by atoms with Gasteiger partial charge in [0.15, 0.2) is 5.82 Å². The van der Waals surface area contributed by atoms with Crippen molar-refractivity contribution in [2.75, 3.05) is 24.7 Å². The van der Waals surface area contributed by atoms with Crippen LogP contribution in [-0.2, 0) is 6.54 Å². The molecule has 1 aliphatic heterocycles. The molecule has 3 aromatic rings. The van der Waals surface area contributed by atoms with Crippen molar-refractivity contribution in [2.45, 2.75) is 20.4 Å². The fourth-order valence-corrected chi connectivity index (χ4v) is 2.93. The van der Waals surface area contributed by atoms with Crippen molar-refractivity contribution in [1.82, 2.24) is 19.9 Å². The summed E-state index contributed by atoms with van der Waals surface area (Å²) < 4.78 is 12.0. The quantitative estimate of drug-likeness (QED) is 0.675. The second-order valence-electron chi connectivity index (χ2n) is 7.02. The van der Waals surface area contributed by atoms with Crippen molar-refractivity contribution in [3.8, 4) is 23.0 Å². The Morgan fingerprint density at radius 2 is 1.86 bits per heavy atom. The van der Waals surface area contributed by atoms with Crippen molar-refractivity contribution >= 4 is 5.95 Å². The fourth-order valence-electron chi connectivity index (χ4n) is 2.93. The monoisotopic (exact) mass is 377 g/mol. The van der Waals surface area contributed by atoms with E-state index in [1.807, 2.05) is 30.3 Å². The number of aromatic nitrogens is 4. The Bertz CT molecular complexity index is 919. The molecular weight excluding hydrogens is 354 g/mol. The van der Waals surface area contributed by atoms with Crippen molar-refractivity contribution < 1.29 is 9.47 Å². The highest BCUT2D eigenvalue weighted by Crippen LogP contribution is 2.34. The van der Waals surface area contributed by atoms with Gasteiger partial charge in [-0.25, -0.2) is 15.0 Å². The third kappa shape index (κ3) is 4.03. The number of benzene rings is 1. The van der Waals surface area contributed by atoms with Crippen LogP contribution in [0, 0.1) is 5.92 Å². The first-order valence-corrected chi connectivity index (χ1v) is 9.44. The van der Waals surface area contributed by atoms with E-state index >= 15 is 0 Å². The lowest BCUT2D eigenvalue weighted by Crippen LogP contribution is -2.27. The van der Waals surface area contributed by atoms with Gasteiger partial charge in [0.25, 0.3) is 5.88 Å². The fraction of sp³-hybridized carbons (Fsp3) is 0.333. The average Bonchev–Trinajstić information content (AvgIpc) is 2.96. The van der Waals surface area contributed by atoms with Gasteiger partial charge in [-0.2, -0.15) is 4.98 Å². The summed E-state index contributed by atoms with van der Waals surface area (Å²) in [5.41, 5.74) is 1.71. The first kappa shape index (κ1) is 18.2. The van der Waals surface area contributed by atoms with Gasteiger partial charge in [-0.15, -0.1) is 0 Å². The minimum absolute atomic E-state index is 0.380. The van der Waals surface area contributed by atoms with Gasteiger partial charge in [0.2, 0.25) is 11.7 Å². The van der Waals surface area contributed by atoms with E-state index in [1.54, 1.807) is 18.5 Å². The molecule has 0 N–H and O–H groups in total. The van der Waals surface area contributed by atoms with Crippen LogP contribution in [0.1, 0.15) is 19.5 Å². The Kier molecular flexibility index (Phi) is 5.32. The van der Waals surface area contributed by atoms with E-state index in [4.69, 9.17) is 14.5 Å². The van der Waals surface area contributed by atoms with Crippen molar-refractivity contribution in [3.63, 3.8) is 0 Å². The third-order valence-corrected chi connectivity index (χ3v) is 4.27. The molecule has 1 aromatic carbocycles. The third-order valence-electron chi connectivity index (χ3n) is 4.27. The minimum atomic E-state index is 0.380. The maximum Gasteiger partial charge on any atom is 0.261 e. The average molecular weight is 377 g/mol. The molecule has 144 valence electrons. The SMILES string of the molecule is CC(C)COc1nc(-c2ccccc2)nc2c1OCCN(c1ncccn1)C2. The zero-order chi connectivity index (χ0) is 19.3. The van der Waals surface area contributed by atoms with E-state index in [2.05, 4.69) is 33.7 Å². The number of hydrogen-bond acceptors (Lipinski definition) is 7. The summed E-state index contributed by atoms with van der Waals surface area (Å²) in [5.74, 6) is 2.76. The van der Waals surface area contributed by atoms with Crippen LogP contribution in [0.5, 0.6) is 11.6 Å². The Hall–Kier alpha value is -3.22. The number of hydrogen-bond donors (Lipinski definition) is 0. The molecule has 0 saturated carbocycles. The van der Waals surface area contributed by atoms with Gasteiger partial charge in [-0.05, 0) is 12.0 Å². The Morgan fingerprint density at radius 1 is 1.07 bits per heavy atom. The summed E-state index contributed by atoms with van der Waals surface area (Å²) in [6.45, 7) is 6.44. The molecule has 1 aliphatic rings. The first-order valence-electron chi connectivity index (χ1n) is 9.44. The van der Waals surface area contributed by atoms with Gasteiger partial charge >= 0.3 is 0 Å². The molecule has 0 fully saturated rings. The van der Waals surface area contributed by atoms with E-state index in [9.17, 15) is 0 Å².